The van der Waals surface area contributed by atoms with E-state index in [0.717, 1.165) is 23.5 Å². The zero-order valence-electron chi connectivity index (χ0n) is 11.7. The van der Waals surface area contributed by atoms with Crippen LogP contribution in [0, 0.1) is 6.92 Å². The van der Waals surface area contributed by atoms with Crippen LogP contribution in [-0.4, -0.2) is 23.6 Å². The molecule has 0 spiro atoms. The summed E-state index contributed by atoms with van der Waals surface area (Å²) in [6.07, 6.45) is 1.77. The van der Waals surface area contributed by atoms with Crippen LogP contribution in [0.25, 0.3) is 0 Å². The first kappa shape index (κ1) is 14.4. The Morgan fingerprint density at radius 3 is 2.85 bits per heavy atom. The van der Waals surface area contributed by atoms with Gasteiger partial charge in [-0.3, -0.25) is 0 Å². The van der Waals surface area contributed by atoms with Crippen LogP contribution in [-0.2, 0) is 0 Å². The van der Waals surface area contributed by atoms with E-state index >= 15 is 0 Å². The Morgan fingerprint density at radius 1 is 1.35 bits per heavy atom. The van der Waals surface area contributed by atoms with Crippen LogP contribution in [0.1, 0.15) is 12.5 Å². The largest absolute Gasteiger partial charge is 0.497 e. The van der Waals surface area contributed by atoms with E-state index < -0.39 is 0 Å². The van der Waals surface area contributed by atoms with Crippen molar-refractivity contribution in [1.29, 1.82) is 0 Å². The Morgan fingerprint density at radius 2 is 2.15 bits per heavy atom. The minimum absolute atomic E-state index is 0.583. The molecule has 1 aromatic heterocycles. The van der Waals surface area contributed by atoms with Crippen LogP contribution in [0.4, 0.5) is 17.5 Å². The van der Waals surface area contributed by atoms with Crippen LogP contribution in [0.5, 0.6) is 5.75 Å². The molecule has 0 aliphatic rings. The molecule has 0 saturated carbocycles. The second kappa shape index (κ2) is 6.43. The standard InChI is InChI=1S/C14H17ClN4O/c1-4-16-14-17-8-9(2)13(19-14)18-12-7-10(20-3)5-6-11(12)15/h5-8H,4H2,1-3H3,(H2,16,17,18,19). The van der Waals surface area contributed by atoms with E-state index in [1.165, 1.54) is 0 Å². The van der Waals surface area contributed by atoms with Crippen LogP contribution in [0.2, 0.25) is 5.02 Å². The van der Waals surface area contributed by atoms with Gasteiger partial charge in [-0.2, -0.15) is 4.98 Å². The van der Waals surface area contributed by atoms with Crippen LogP contribution < -0.4 is 15.4 Å². The number of aromatic nitrogens is 2. The molecule has 0 atom stereocenters. The van der Waals surface area contributed by atoms with Gasteiger partial charge in [0.15, 0.2) is 0 Å². The third-order valence-electron chi connectivity index (χ3n) is 2.73. The highest BCUT2D eigenvalue weighted by Gasteiger charge is 2.07. The highest BCUT2D eigenvalue weighted by Crippen LogP contribution is 2.29. The number of halogens is 1. The fraction of sp³-hybridized carbons (Fsp3) is 0.286. The molecule has 106 valence electrons. The molecule has 2 N–H and O–H groups in total. The summed E-state index contributed by atoms with van der Waals surface area (Å²) in [5.41, 5.74) is 1.68. The van der Waals surface area contributed by atoms with Crippen molar-refractivity contribution in [3.8, 4) is 5.75 Å². The van der Waals surface area contributed by atoms with Crippen molar-refractivity contribution in [2.45, 2.75) is 13.8 Å². The second-order valence-corrected chi connectivity index (χ2v) is 4.63. The number of ether oxygens (including phenoxy) is 1. The molecule has 2 aromatic rings. The number of benzene rings is 1. The fourth-order valence-electron chi connectivity index (χ4n) is 1.67. The van der Waals surface area contributed by atoms with Crippen LogP contribution >= 0.6 is 11.6 Å². The summed E-state index contributed by atoms with van der Waals surface area (Å²) in [4.78, 5) is 8.63. The Bertz CT molecular complexity index is 604. The number of methoxy groups -OCH3 is 1. The highest BCUT2D eigenvalue weighted by molar-refractivity contribution is 6.33. The quantitative estimate of drug-likeness (QED) is 0.881. The zero-order chi connectivity index (χ0) is 14.5. The Labute approximate surface area is 123 Å². The van der Waals surface area contributed by atoms with Crippen LogP contribution in [0.3, 0.4) is 0 Å². The summed E-state index contributed by atoms with van der Waals surface area (Å²) < 4.78 is 5.20. The maximum atomic E-state index is 6.18. The summed E-state index contributed by atoms with van der Waals surface area (Å²) in [6.45, 7) is 4.70. The molecule has 0 amide bonds. The summed E-state index contributed by atoms with van der Waals surface area (Å²) in [7, 11) is 1.62. The van der Waals surface area contributed by atoms with Gasteiger partial charge in [-0.05, 0) is 26.0 Å². The molecule has 6 heteroatoms. The van der Waals surface area contributed by atoms with Crippen molar-refractivity contribution < 1.29 is 4.74 Å². The summed E-state index contributed by atoms with van der Waals surface area (Å²) >= 11 is 6.18. The minimum atomic E-state index is 0.583. The zero-order valence-corrected chi connectivity index (χ0v) is 12.5. The lowest BCUT2D eigenvalue weighted by atomic mass is 10.2. The van der Waals surface area contributed by atoms with Gasteiger partial charge in [0.2, 0.25) is 5.95 Å². The van der Waals surface area contributed by atoms with E-state index in [2.05, 4.69) is 20.6 Å². The van der Waals surface area contributed by atoms with Gasteiger partial charge in [0, 0.05) is 24.4 Å². The number of anilines is 3. The normalized spacial score (nSPS) is 10.2. The van der Waals surface area contributed by atoms with Crippen molar-refractivity contribution in [2.75, 3.05) is 24.3 Å². The van der Waals surface area contributed by atoms with Crippen molar-refractivity contribution in [3.63, 3.8) is 0 Å². The molecule has 0 saturated heterocycles. The van der Waals surface area contributed by atoms with E-state index in [-0.39, 0.29) is 0 Å². The number of nitrogens with zero attached hydrogens (tertiary/aromatic N) is 2. The summed E-state index contributed by atoms with van der Waals surface area (Å²) in [5, 5.41) is 6.89. The minimum Gasteiger partial charge on any atom is -0.497 e. The number of hydrogen-bond donors (Lipinski definition) is 2. The lowest BCUT2D eigenvalue weighted by molar-refractivity contribution is 0.415. The molecule has 0 unspecified atom stereocenters. The molecule has 20 heavy (non-hydrogen) atoms. The highest BCUT2D eigenvalue weighted by atomic mass is 35.5. The van der Waals surface area contributed by atoms with Gasteiger partial charge in [0.25, 0.3) is 0 Å². The van der Waals surface area contributed by atoms with Crippen LogP contribution in [0.15, 0.2) is 24.4 Å². The smallest absolute Gasteiger partial charge is 0.224 e. The molecular formula is C14H17ClN4O. The average Bonchev–Trinajstić information content (AvgIpc) is 2.45. The summed E-state index contributed by atoms with van der Waals surface area (Å²) in [6, 6.07) is 5.42. The number of hydrogen-bond acceptors (Lipinski definition) is 5. The van der Waals surface area contributed by atoms with E-state index in [1.807, 2.05) is 26.0 Å². The molecule has 5 nitrogen and oxygen atoms in total. The van der Waals surface area contributed by atoms with E-state index in [0.29, 0.717) is 16.8 Å². The maximum Gasteiger partial charge on any atom is 0.224 e. The molecular weight excluding hydrogens is 276 g/mol. The third-order valence-corrected chi connectivity index (χ3v) is 3.06. The molecule has 0 aliphatic heterocycles. The van der Waals surface area contributed by atoms with Gasteiger partial charge in [-0.1, -0.05) is 11.6 Å². The average molecular weight is 293 g/mol. The van der Waals surface area contributed by atoms with Gasteiger partial charge in [-0.25, -0.2) is 4.98 Å². The van der Waals surface area contributed by atoms with Crippen molar-refractivity contribution in [3.05, 3.63) is 35.0 Å². The maximum absolute atomic E-state index is 6.18. The predicted molar refractivity (Wildman–Crippen MR) is 82.2 cm³/mol. The Hall–Kier alpha value is -2.01. The van der Waals surface area contributed by atoms with E-state index in [1.54, 1.807) is 19.4 Å². The lowest BCUT2D eigenvalue weighted by Crippen LogP contribution is -2.05. The first-order valence-electron chi connectivity index (χ1n) is 6.32. The predicted octanol–water partition coefficient (Wildman–Crippen LogP) is 3.62. The molecule has 2 rings (SSSR count). The van der Waals surface area contributed by atoms with Crippen molar-refractivity contribution >= 4 is 29.1 Å². The molecule has 0 aliphatic carbocycles. The summed E-state index contributed by atoms with van der Waals surface area (Å²) in [5.74, 6) is 2.03. The van der Waals surface area contributed by atoms with Gasteiger partial charge in [0.05, 0.1) is 17.8 Å². The molecule has 0 fully saturated rings. The molecule has 0 radical (unpaired) electrons. The molecule has 0 bridgehead atoms. The van der Waals surface area contributed by atoms with Gasteiger partial charge < -0.3 is 15.4 Å². The topological polar surface area (TPSA) is 59.1 Å². The first-order chi connectivity index (χ1) is 9.63. The van der Waals surface area contributed by atoms with Crippen molar-refractivity contribution in [1.82, 2.24) is 9.97 Å². The Kier molecular flexibility index (Phi) is 4.63. The lowest BCUT2D eigenvalue weighted by Gasteiger charge is -2.12. The van der Waals surface area contributed by atoms with Gasteiger partial charge in [-0.15, -0.1) is 0 Å². The SMILES string of the molecule is CCNc1ncc(C)c(Nc2cc(OC)ccc2Cl)n1. The second-order valence-electron chi connectivity index (χ2n) is 4.23. The monoisotopic (exact) mass is 292 g/mol. The third kappa shape index (κ3) is 3.30. The van der Waals surface area contributed by atoms with E-state index in [9.17, 15) is 0 Å². The first-order valence-corrected chi connectivity index (χ1v) is 6.70. The fourth-order valence-corrected chi connectivity index (χ4v) is 1.83. The molecule has 1 aromatic carbocycles. The van der Waals surface area contributed by atoms with Gasteiger partial charge >= 0.3 is 0 Å². The number of rotatable bonds is 5. The van der Waals surface area contributed by atoms with E-state index in [4.69, 9.17) is 16.3 Å². The number of nitrogens with one attached hydrogen (secondary N) is 2. The van der Waals surface area contributed by atoms with Crippen molar-refractivity contribution in [2.24, 2.45) is 0 Å². The number of aryl methyl sites for hydroxylation is 1. The Balaban J connectivity index is 2.31. The van der Waals surface area contributed by atoms with Gasteiger partial charge in [0.1, 0.15) is 11.6 Å². The molecule has 1 heterocycles.